The van der Waals surface area contributed by atoms with E-state index in [1.165, 1.54) is 6.33 Å². The van der Waals surface area contributed by atoms with Crippen molar-refractivity contribution in [2.24, 2.45) is 0 Å². The maximum absolute atomic E-state index is 12.7. The van der Waals surface area contributed by atoms with Crippen LogP contribution in [0.2, 0.25) is 0 Å². The number of aromatic nitrogens is 2. The maximum atomic E-state index is 12.7. The molecule has 0 radical (unpaired) electrons. The zero-order chi connectivity index (χ0) is 19.2. The molecule has 1 aromatic rings. The lowest BCUT2D eigenvalue weighted by Gasteiger charge is -2.32. The predicted octanol–water partition coefficient (Wildman–Crippen LogP) is -0.589. The molecule has 2 heterocycles. The quantitative estimate of drug-likeness (QED) is 0.550. The van der Waals surface area contributed by atoms with E-state index in [0.717, 1.165) is 4.90 Å². The van der Waals surface area contributed by atoms with Crippen LogP contribution >= 0.6 is 0 Å². The molecule has 142 valence electrons. The van der Waals surface area contributed by atoms with Crippen molar-refractivity contribution >= 4 is 11.7 Å². The van der Waals surface area contributed by atoms with Crippen molar-refractivity contribution in [1.82, 2.24) is 14.9 Å². The molecule has 4 atom stereocenters. The first-order valence-electron chi connectivity index (χ1n) is 8.41. The number of rotatable bonds is 2. The second kappa shape index (κ2) is 6.49. The van der Waals surface area contributed by atoms with Crippen LogP contribution in [0.15, 0.2) is 17.2 Å². The third-order valence-corrected chi connectivity index (χ3v) is 4.58. The lowest BCUT2D eigenvalue weighted by Crippen LogP contribution is -2.48. The van der Waals surface area contributed by atoms with Gasteiger partial charge in [-0.05, 0) is 27.2 Å². The van der Waals surface area contributed by atoms with E-state index in [9.17, 15) is 24.9 Å². The number of aliphatic hydroxyl groups is 3. The molecule has 1 fully saturated rings. The number of aliphatic hydroxyl groups excluding tert-OH is 3. The fraction of sp³-hybridized carbons (Fsp3) is 0.588. The van der Waals surface area contributed by atoms with E-state index >= 15 is 0 Å². The van der Waals surface area contributed by atoms with Gasteiger partial charge in [-0.15, -0.1) is 0 Å². The zero-order valence-electron chi connectivity index (χ0n) is 14.8. The first-order valence-corrected chi connectivity index (χ1v) is 8.41. The highest BCUT2D eigenvalue weighted by molar-refractivity contribution is 5.80. The van der Waals surface area contributed by atoms with Gasteiger partial charge in [-0.3, -0.25) is 9.69 Å². The third-order valence-electron chi connectivity index (χ3n) is 4.58. The second-order valence-corrected chi connectivity index (χ2v) is 7.49. The molecule has 26 heavy (non-hydrogen) atoms. The van der Waals surface area contributed by atoms with Crippen LogP contribution in [-0.4, -0.2) is 72.8 Å². The van der Waals surface area contributed by atoms with Gasteiger partial charge in [0.25, 0.3) is 5.56 Å². The van der Waals surface area contributed by atoms with Crippen LogP contribution in [0.3, 0.4) is 0 Å². The largest absolute Gasteiger partial charge is 0.444 e. The number of H-pyrrole nitrogens is 1. The van der Waals surface area contributed by atoms with Gasteiger partial charge in [-0.2, -0.15) is 0 Å². The summed E-state index contributed by atoms with van der Waals surface area (Å²) in [5.74, 6) is 0. The summed E-state index contributed by atoms with van der Waals surface area (Å²) in [4.78, 5) is 32.5. The van der Waals surface area contributed by atoms with Crippen molar-refractivity contribution in [2.45, 2.75) is 57.1 Å². The molecule has 1 amide bonds. The van der Waals surface area contributed by atoms with Crippen LogP contribution < -0.4 is 5.56 Å². The molecule has 0 bridgehead atoms. The number of carbonyl (C=O) groups is 1. The highest BCUT2D eigenvalue weighted by atomic mass is 16.6. The lowest BCUT2D eigenvalue weighted by atomic mass is 9.99. The predicted molar refractivity (Wildman–Crippen MR) is 91.3 cm³/mol. The summed E-state index contributed by atoms with van der Waals surface area (Å²) < 4.78 is 5.39. The van der Waals surface area contributed by atoms with Crippen molar-refractivity contribution in [3.63, 3.8) is 0 Å². The number of fused-ring (bicyclic) bond motifs is 1. The molecule has 4 N–H and O–H groups in total. The Morgan fingerprint density at radius 1 is 1.38 bits per heavy atom. The Morgan fingerprint density at radius 2 is 2.08 bits per heavy atom. The minimum atomic E-state index is -1.36. The summed E-state index contributed by atoms with van der Waals surface area (Å²) in [6.45, 7) is 4.54. The molecule has 1 saturated heterocycles. The number of nitrogens with one attached hydrogen (secondary N) is 1. The van der Waals surface area contributed by atoms with E-state index in [1.807, 2.05) is 0 Å². The van der Waals surface area contributed by atoms with Gasteiger partial charge in [0.1, 0.15) is 17.8 Å². The molecule has 0 spiro atoms. The number of amides is 1. The molecular formula is C17H23N3O6. The summed E-state index contributed by atoms with van der Waals surface area (Å²) in [6.07, 6.45) is -0.220. The lowest BCUT2D eigenvalue weighted by molar-refractivity contribution is 0.000977. The van der Waals surface area contributed by atoms with Crippen LogP contribution in [0, 0.1) is 0 Å². The first kappa shape index (κ1) is 18.6. The minimum absolute atomic E-state index is 0.295. The fourth-order valence-electron chi connectivity index (χ4n) is 3.48. The van der Waals surface area contributed by atoms with Gasteiger partial charge in [0, 0.05) is 11.1 Å². The maximum Gasteiger partial charge on any atom is 0.411 e. The highest BCUT2D eigenvalue weighted by Crippen LogP contribution is 2.38. The highest BCUT2D eigenvalue weighted by Gasteiger charge is 2.53. The molecule has 2 aliphatic rings. The smallest absolute Gasteiger partial charge is 0.411 e. The Labute approximate surface area is 149 Å². The molecule has 1 aliphatic heterocycles. The average molecular weight is 365 g/mol. The van der Waals surface area contributed by atoms with Gasteiger partial charge in [-0.25, -0.2) is 9.78 Å². The van der Waals surface area contributed by atoms with Crippen molar-refractivity contribution in [2.75, 3.05) is 6.61 Å². The van der Waals surface area contributed by atoms with Crippen molar-refractivity contribution in [3.8, 4) is 0 Å². The molecule has 0 unspecified atom stereocenters. The molecular weight excluding hydrogens is 342 g/mol. The van der Waals surface area contributed by atoms with Crippen LogP contribution in [0.25, 0.3) is 5.57 Å². The summed E-state index contributed by atoms with van der Waals surface area (Å²) in [7, 11) is 0. The first-order chi connectivity index (χ1) is 12.2. The number of nitrogens with zero attached hydrogens (tertiary/aromatic N) is 2. The van der Waals surface area contributed by atoms with Gasteiger partial charge < -0.3 is 25.0 Å². The number of allylic oxidation sites excluding steroid dienone is 1. The van der Waals surface area contributed by atoms with Gasteiger partial charge in [0.15, 0.2) is 0 Å². The zero-order valence-corrected chi connectivity index (χ0v) is 14.8. The Balaban J connectivity index is 2.03. The number of aromatic amines is 1. The van der Waals surface area contributed by atoms with E-state index in [0.29, 0.717) is 23.3 Å². The van der Waals surface area contributed by atoms with Crippen LogP contribution in [0.1, 0.15) is 32.0 Å². The SMILES string of the molecule is CC(C)(C)OC(=O)N1[C@H](CO)[C@@H](O)[C@@H](O)[C@@H]1C1=CCc2c1nc[nH]c2=O. The van der Waals surface area contributed by atoms with E-state index in [-0.39, 0.29) is 5.56 Å². The monoisotopic (exact) mass is 365 g/mol. The summed E-state index contributed by atoms with van der Waals surface area (Å²) in [5, 5.41) is 30.6. The van der Waals surface area contributed by atoms with Gasteiger partial charge in [-0.1, -0.05) is 6.08 Å². The van der Waals surface area contributed by atoms with E-state index in [4.69, 9.17) is 4.74 Å². The standard InChI is InChI=1S/C17H23N3O6/c1-17(2,3)26-16(25)20-10(6-21)13(22)14(23)12(20)8-4-5-9-11(8)18-7-19-15(9)24/h4,7,10,12-14,21-23H,5-6H2,1-3H3,(H,18,19,24)/t10-,12+,13-,14+/m1/s1. The molecule has 3 rings (SSSR count). The average Bonchev–Trinajstić information content (AvgIpc) is 3.07. The Kier molecular flexibility index (Phi) is 4.63. The summed E-state index contributed by atoms with van der Waals surface area (Å²) >= 11 is 0. The Morgan fingerprint density at radius 3 is 2.69 bits per heavy atom. The van der Waals surface area contributed by atoms with E-state index < -0.39 is 42.6 Å². The van der Waals surface area contributed by atoms with Crippen LogP contribution in [-0.2, 0) is 11.2 Å². The van der Waals surface area contributed by atoms with Gasteiger partial charge in [0.05, 0.1) is 30.7 Å². The third kappa shape index (κ3) is 3.02. The molecule has 0 saturated carbocycles. The van der Waals surface area contributed by atoms with Crippen LogP contribution in [0.4, 0.5) is 4.79 Å². The minimum Gasteiger partial charge on any atom is -0.444 e. The van der Waals surface area contributed by atoms with Crippen molar-refractivity contribution in [3.05, 3.63) is 34.0 Å². The second-order valence-electron chi connectivity index (χ2n) is 7.49. The topological polar surface area (TPSA) is 136 Å². The van der Waals surface area contributed by atoms with Crippen molar-refractivity contribution < 1.29 is 24.9 Å². The Hall–Kier alpha value is -2.23. The normalized spacial score (nSPS) is 28.1. The molecule has 1 aromatic heterocycles. The fourth-order valence-corrected chi connectivity index (χ4v) is 3.48. The van der Waals surface area contributed by atoms with E-state index in [2.05, 4.69) is 9.97 Å². The molecule has 0 aromatic carbocycles. The number of ether oxygens (including phenoxy) is 1. The number of carbonyl (C=O) groups excluding carboxylic acids is 1. The molecule has 1 aliphatic carbocycles. The van der Waals surface area contributed by atoms with Gasteiger partial charge >= 0.3 is 6.09 Å². The number of hydrogen-bond acceptors (Lipinski definition) is 7. The van der Waals surface area contributed by atoms with Gasteiger partial charge in [0.2, 0.25) is 0 Å². The molecule has 9 heteroatoms. The van der Waals surface area contributed by atoms with E-state index in [1.54, 1.807) is 26.8 Å². The Bertz CT molecular complexity index is 796. The molecule has 9 nitrogen and oxygen atoms in total. The van der Waals surface area contributed by atoms with Crippen molar-refractivity contribution in [1.29, 1.82) is 0 Å². The summed E-state index contributed by atoms with van der Waals surface area (Å²) in [5.41, 5.74) is 0.173. The van der Waals surface area contributed by atoms with Crippen LogP contribution in [0.5, 0.6) is 0 Å². The summed E-state index contributed by atoms with van der Waals surface area (Å²) in [6, 6.07) is -2.01. The number of hydrogen-bond donors (Lipinski definition) is 4. The number of likely N-dealkylation sites (tertiary alicyclic amines) is 1.